The minimum absolute atomic E-state index is 0.835. The summed E-state index contributed by atoms with van der Waals surface area (Å²) in [5.74, 6) is 2.16. The fourth-order valence-electron chi connectivity index (χ4n) is 1.71. The second-order valence-electron chi connectivity index (χ2n) is 3.87. The first-order chi connectivity index (χ1) is 6.26. The van der Waals surface area contributed by atoms with Gasteiger partial charge in [-0.25, -0.2) is 0 Å². The summed E-state index contributed by atoms with van der Waals surface area (Å²) in [5, 5.41) is 1.99. The van der Waals surface area contributed by atoms with E-state index in [2.05, 4.69) is 46.4 Å². The van der Waals surface area contributed by atoms with Gasteiger partial charge >= 0.3 is 0 Å². The Hall–Kier alpha value is 0.790. The molecule has 0 aromatic carbocycles. The van der Waals surface area contributed by atoms with Gasteiger partial charge in [0.1, 0.15) is 0 Å². The molecule has 1 heterocycles. The van der Waals surface area contributed by atoms with Crippen molar-refractivity contribution in [2.24, 2.45) is 5.92 Å². The van der Waals surface area contributed by atoms with Gasteiger partial charge in [-0.05, 0) is 5.92 Å². The molecule has 2 unspecified atom stereocenters. The van der Waals surface area contributed by atoms with E-state index in [0.717, 1.165) is 16.5 Å². The highest BCUT2D eigenvalue weighted by Crippen LogP contribution is 2.19. The van der Waals surface area contributed by atoms with Crippen LogP contribution in [-0.2, 0) is 0 Å². The Morgan fingerprint density at radius 1 is 1.62 bits per heavy atom. The van der Waals surface area contributed by atoms with Crippen LogP contribution in [0.25, 0.3) is 0 Å². The lowest BCUT2D eigenvalue weighted by Crippen LogP contribution is -2.39. The van der Waals surface area contributed by atoms with E-state index in [4.69, 9.17) is 0 Å². The first-order valence-electron chi connectivity index (χ1n) is 5.16. The van der Waals surface area contributed by atoms with Crippen molar-refractivity contribution in [1.29, 1.82) is 0 Å². The van der Waals surface area contributed by atoms with Gasteiger partial charge in [0.15, 0.2) is 0 Å². The van der Waals surface area contributed by atoms with E-state index in [9.17, 15) is 0 Å². The Morgan fingerprint density at radius 3 is 2.92 bits per heavy atom. The molecule has 1 rings (SSSR count). The molecule has 0 aromatic rings. The van der Waals surface area contributed by atoms with Crippen LogP contribution in [-0.4, -0.2) is 40.9 Å². The largest absolute Gasteiger partial charge is 0.301 e. The number of alkyl halides is 1. The second kappa shape index (κ2) is 6.31. The Balaban J connectivity index is 2.26. The van der Waals surface area contributed by atoms with Crippen molar-refractivity contribution in [3.05, 3.63) is 0 Å². The van der Waals surface area contributed by atoms with Crippen LogP contribution in [0.15, 0.2) is 0 Å². The maximum atomic E-state index is 3.59. The highest BCUT2D eigenvalue weighted by molar-refractivity contribution is 9.09. The number of hydrogen-bond donors (Lipinski definition) is 0. The summed E-state index contributed by atoms with van der Waals surface area (Å²) in [6.07, 6.45) is 1.29. The molecule has 1 fully saturated rings. The van der Waals surface area contributed by atoms with Crippen molar-refractivity contribution in [1.82, 2.24) is 4.90 Å². The summed E-state index contributed by atoms with van der Waals surface area (Å²) in [6.45, 7) is 8.49. The fraction of sp³-hybridized carbons (Fsp3) is 1.00. The first-order valence-corrected chi connectivity index (χ1v) is 7.33. The zero-order valence-corrected chi connectivity index (χ0v) is 11.0. The van der Waals surface area contributed by atoms with Crippen molar-refractivity contribution >= 4 is 27.7 Å². The number of nitrogens with zero attached hydrogens (tertiary/aromatic N) is 1. The average Bonchev–Trinajstić information content (AvgIpc) is 2.14. The van der Waals surface area contributed by atoms with E-state index in [1.807, 2.05) is 0 Å². The maximum Gasteiger partial charge on any atom is 0.0147 e. The smallest absolute Gasteiger partial charge is 0.0147 e. The Labute approximate surface area is 94.8 Å². The Kier molecular flexibility index (Phi) is 5.75. The average molecular weight is 266 g/mol. The van der Waals surface area contributed by atoms with Gasteiger partial charge in [-0.3, -0.25) is 0 Å². The van der Waals surface area contributed by atoms with Crippen LogP contribution in [0.5, 0.6) is 0 Å². The van der Waals surface area contributed by atoms with Gasteiger partial charge in [0.2, 0.25) is 0 Å². The molecular formula is C10H20BrNS. The summed E-state index contributed by atoms with van der Waals surface area (Å²) in [5.41, 5.74) is 0. The Bertz CT molecular complexity index is 139. The third kappa shape index (κ3) is 4.22. The lowest BCUT2D eigenvalue weighted by Gasteiger charge is -2.32. The lowest BCUT2D eigenvalue weighted by atomic mass is 10.1. The van der Waals surface area contributed by atoms with Crippen molar-refractivity contribution in [2.75, 3.05) is 30.7 Å². The van der Waals surface area contributed by atoms with E-state index in [1.165, 1.54) is 31.8 Å². The molecule has 0 bridgehead atoms. The third-order valence-corrected chi connectivity index (χ3v) is 4.69. The van der Waals surface area contributed by atoms with E-state index in [1.54, 1.807) is 0 Å². The van der Waals surface area contributed by atoms with Gasteiger partial charge in [-0.2, -0.15) is 11.8 Å². The number of halogens is 1. The molecule has 78 valence electrons. The highest BCUT2D eigenvalue weighted by atomic mass is 79.9. The molecule has 13 heavy (non-hydrogen) atoms. The molecule has 3 heteroatoms. The minimum Gasteiger partial charge on any atom is -0.301 e. The topological polar surface area (TPSA) is 3.24 Å². The summed E-state index contributed by atoms with van der Waals surface area (Å²) in [4.78, 5) is 2.62. The van der Waals surface area contributed by atoms with Crippen molar-refractivity contribution < 1.29 is 0 Å². The van der Waals surface area contributed by atoms with Crippen LogP contribution >= 0.6 is 27.7 Å². The molecule has 0 aliphatic carbocycles. The molecule has 1 saturated heterocycles. The zero-order valence-electron chi connectivity index (χ0n) is 8.63. The number of thioether (sulfide) groups is 1. The summed E-state index contributed by atoms with van der Waals surface area (Å²) in [6, 6.07) is 0. The molecule has 2 atom stereocenters. The molecule has 0 radical (unpaired) electrons. The molecule has 0 N–H and O–H groups in total. The van der Waals surface area contributed by atoms with Crippen LogP contribution in [0.4, 0.5) is 0 Å². The standard InChI is InChI=1S/C10H20BrNS/c1-3-10(6-11)8-12-4-5-13-9(2)7-12/h9-10H,3-8H2,1-2H3. The minimum atomic E-state index is 0.835. The zero-order chi connectivity index (χ0) is 9.68. The van der Waals surface area contributed by atoms with E-state index in [-0.39, 0.29) is 0 Å². The lowest BCUT2D eigenvalue weighted by molar-refractivity contribution is 0.247. The molecule has 0 aromatic heterocycles. The molecule has 1 aliphatic rings. The predicted molar refractivity (Wildman–Crippen MR) is 65.9 cm³/mol. The van der Waals surface area contributed by atoms with Gasteiger partial charge in [0, 0.05) is 36.0 Å². The van der Waals surface area contributed by atoms with Gasteiger partial charge in [0.25, 0.3) is 0 Å². The molecule has 0 spiro atoms. The number of hydrogen-bond acceptors (Lipinski definition) is 2. The van der Waals surface area contributed by atoms with E-state index < -0.39 is 0 Å². The summed E-state index contributed by atoms with van der Waals surface area (Å²) < 4.78 is 0. The quantitative estimate of drug-likeness (QED) is 0.720. The molecular weight excluding hydrogens is 246 g/mol. The van der Waals surface area contributed by atoms with Crippen LogP contribution in [0.2, 0.25) is 0 Å². The van der Waals surface area contributed by atoms with Gasteiger partial charge in [-0.15, -0.1) is 0 Å². The molecule has 1 nitrogen and oxygen atoms in total. The normalized spacial score (nSPS) is 27.5. The predicted octanol–water partition coefficient (Wildman–Crippen LogP) is 2.84. The van der Waals surface area contributed by atoms with Gasteiger partial charge in [-0.1, -0.05) is 36.2 Å². The highest BCUT2D eigenvalue weighted by Gasteiger charge is 2.18. The van der Waals surface area contributed by atoms with Crippen molar-refractivity contribution in [3.8, 4) is 0 Å². The van der Waals surface area contributed by atoms with E-state index in [0.29, 0.717) is 0 Å². The fourth-order valence-corrected chi connectivity index (χ4v) is 3.45. The SMILES string of the molecule is CCC(CBr)CN1CCSC(C)C1. The molecule has 0 amide bonds. The van der Waals surface area contributed by atoms with Crippen molar-refractivity contribution in [2.45, 2.75) is 25.5 Å². The van der Waals surface area contributed by atoms with Crippen molar-refractivity contribution in [3.63, 3.8) is 0 Å². The van der Waals surface area contributed by atoms with Crippen LogP contribution in [0.3, 0.4) is 0 Å². The maximum absolute atomic E-state index is 3.59. The van der Waals surface area contributed by atoms with Crippen LogP contribution < -0.4 is 0 Å². The molecule has 0 saturated carbocycles. The first kappa shape index (κ1) is 11.9. The second-order valence-corrected chi connectivity index (χ2v) is 6.06. The van der Waals surface area contributed by atoms with Gasteiger partial charge in [0.05, 0.1) is 0 Å². The van der Waals surface area contributed by atoms with Gasteiger partial charge < -0.3 is 4.90 Å². The summed E-state index contributed by atoms with van der Waals surface area (Å²) in [7, 11) is 0. The monoisotopic (exact) mass is 265 g/mol. The van der Waals surface area contributed by atoms with Crippen LogP contribution in [0.1, 0.15) is 20.3 Å². The number of rotatable bonds is 4. The summed E-state index contributed by atoms with van der Waals surface area (Å²) >= 11 is 5.70. The van der Waals surface area contributed by atoms with Crippen LogP contribution in [0, 0.1) is 5.92 Å². The molecule has 1 aliphatic heterocycles. The third-order valence-electron chi connectivity index (χ3n) is 2.64. The van der Waals surface area contributed by atoms with E-state index >= 15 is 0 Å². The Morgan fingerprint density at radius 2 is 2.38 bits per heavy atom.